The number of carbonyl (C=O) groups excluding carboxylic acids is 1. The van der Waals surface area contributed by atoms with E-state index >= 15 is 0 Å². The predicted octanol–water partition coefficient (Wildman–Crippen LogP) is 3.98. The fourth-order valence-corrected chi connectivity index (χ4v) is 1.72. The van der Waals surface area contributed by atoms with Gasteiger partial charge in [-0.25, -0.2) is 0 Å². The minimum absolute atomic E-state index is 0.0717. The van der Waals surface area contributed by atoms with Gasteiger partial charge in [-0.1, -0.05) is 32.9 Å². The van der Waals surface area contributed by atoms with Crippen LogP contribution in [0, 0.1) is 0 Å². The van der Waals surface area contributed by atoms with Gasteiger partial charge in [0, 0.05) is 11.8 Å². The first kappa shape index (κ1) is 13.3. The number of rotatable bonds is 3. The maximum Gasteiger partial charge on any atom is 0.151 e. The number of benzene rings is 1. The summed E-state index contributed by atoms with van der Waals surface area (Å²) in [4.78, 5) is 14.7. The Hall–Kier alpha value is -2.16. The van der Waals surface area contributed by atoms with Gasteiger partial charge in [-0.05, 0) is 29.2 Å². The number of carbonyl (C=O) groups is 1. The second kappa shape index (κ2) is 5.22. The monoisotopic (exact) mass is 255 g/mol. The van der Waals surface area contributed by atoms with Gasteiger partial charge in [0.2, 0.25) is 0 Å². The summed E-state index contributed by atoms with van der Waals surface area (Å²) in [6, 6.07) is 9.61. The Morgan fingerprint density at radius 3 is 2.58 bits per heavy atom. The number of pyridine rings is 1. The molecular weight excluding hydrogens is 238 g/mol. The van der Waals surface area contributed by atoms with E-state index in [2.05, 4.69) is 31.8 Å². The molecule has 1 heterocycles. The molecule has 0 saturated heterocycles. The molecule has 2 aromatic rings. The second-order valence-corrected chi connectivity index (χ2v) is 5.45. The van der Waals surface area contributed by atoms with Crippen molar-refractivity contribution < 1.29 is 9.53 Å². The van der Waals surface area contributed by atoms with Crippen LogP contribution in [-0.4, -0.2) is 11.3 Å². The Kier molecular flexibility index (Phi) is 3.65. The van der Waals surface area contributed by atoms with Crippen molar-refractivity contribution in [3.8, 4) is 11.5 Å². The van der Waals surface area contributed by atoms with Gasteiger partial charge in [0.05, 0.1) is 6.20 Å². The quantitative estimate of drug-likeness (QED) is 0.778. The first-order valence-electron chi connectivity index (χ1n) is 6.18. The van der Waals surface area contributed by atoms with Gasteiger partial charge in [0.15, 0.2) is 6.29 Å². The van der Waals surface area contributed by atoms with E-state index in [1.54, 1.807) is 12.3 Å². The molecule has 0 aliphatic carbocycles. The summed E-state index contributed by atoms with van der Waals surface area (Å²) in [6.45, 7) is 6.46. The highest BCUT2D eigenvalue weighted by Crippen LogP contribution is 2.28. The van der Waals surface area contributed by atoms with E-state index in [-0.39, 0.29) is 5.41 Å². The van der Waals surface area contributed by atoms with E-state index < -0.39 is 0 Å². The first-order chi connectivity index (χ1) is 8.99. The van der Waals surface area contributed by atoms with E-state index in [1.807, 2.05) is 18.2 Å². The lowest BCUT2D eigenvalue weighted by Gasteiger charge is -2.19. The summed E-state index contributed by atoms with van der Waals surface area (Å²) >= 11 is 0. The molecule has 0 N–H and O–H groups in total. The number of aldehydes is 1. The van der Waals surface area contributed by atoms with Gasteiger partial charge in [-0.15, -0.1) is 0 Å². The lowest BCUT2D eigenvalue weighted by Crippen LogP contribution is -2.10. The van der Waals surface area contributed by atoms with Crippen LogP contribution in [-0.2, 0) is 5.41 Å². The van der Waals surface area contributed by atoms with Crippen molar-refractivity contribution in [3.05, 3.63) is 53.9 Å². The van der Waals surface area contributed by atoms with E-state index in [0.717, 1.165) is 12.0 Å². The molecule has 0 aliphatic heterocycles. The number of aromatic nitrogens is 1. The molecule has 0 fully saturated rings. The molecule has 0 radical (unpaired) electrons. The molecular formula is C16H17NO2. The zero-order chi connectivity index (χ0) is 13.9. The molecule has 0 atom stereocenters. The van der Waals surface area contributed by atoms with Crippen LogP contribution in [0.4, 0.5) is 0 Å². The molecule has 2 rings (SSSR count). The molecule has 1 aromatic carbocycles. The molecule has 3 heteroatoms. The number of hydrogen-bond acceptors (Lipinski definition) is 3. The average Bonchev–Trinajstić information content (AvgIpc) is 2.38. The highest BCUT2D eigenvalue weighted by Gasteiger charge is 2.14. The largest absolute Gasteiger partial charge is 0.456 e. The third kappa shape index (κ3) is 3.41. The van der Waals surface area contributed by atoms with E-state index in [1.165, 1.54) is 11.8 Å². The van der Waals surface area contributed by atoms with Crippen LogP contribution in [0.5, 0.6) is 11.5 Å². The molecule has 3 nitrogen and oxygen atoms in total. The van der Waals surface area contributed by atoms with Crippen LogP contribution in [0.25, 0.3) is 0 Å². The van der Waals surface area contributed by atoms with Gasteiger partial charge < -0.3 is 4.74 Å². The van der Waals surface area contributed by atoms with Crippen LogP contribution in [0.2, 0.25) is 0 Å². The average molecular weight is 255 g/mol. The molecule has 98 valence electrons. The molecule has 0 spiro atoms. The molecule has 0 aliphatic rings. The van der Waals surface area contributed by atoms with Crippen LogP contribution in [0.3, 0.4) is 0 Å². The van der Waals surface area contributed by atoms with Crippen LogP contribution in [0.15, 0.2) is 42.7 Å². The molecule has 0 bridgehead atoms. The normalized spacial score (nSPS) is 11.1. The topological polar surface area (TPSA) is 39.2 Å². The molecule has 0 unspecified atom stereocenters. The fraction of sp³-hybridized carbons (Fsp3) is 0.250. The van der Waals surface area contributed by atoms with Crippen molar-refractivity contribution in [1.29, 1.82) is 0 Å². The number of nitrogens with zero attached hydrogens (tertiary/aromatic N) is 1. The predicted molar refractivity (Wildman–Crippen MR) is 74.8 cm³/mol. The third-order valence-electron chi connectivity index (χ3n) is 2.81. The Balaban J connectivity index is 2.25. The van der Waals surface area contributed by atoms with Crippen molar-refractivity contribution in [1.82, 2.24) is 4.98 Å². The minimum atomic E-state index is 0.0717. The zero-order valence-corrected chi connectivity index (χ0v) is 11.4. The lowest BCUT2D eigenvalue weighted by molar-refractivity contribution is 0.112. The second-order valence-electron chi connectivity index (χ2n) is 5.45. The van der Waals surface area contributed by atoms with Gasteiger partial charge in [0.1, 0.15) is 11.5 Å². The van der Waals surface area contributed by atoms with Crippen molar-refractivity contribution in [2.45, 2.75) is 26.2 Å². The SMILES string of the molecule is CC(C)(C)c1cccc(Oc2cncc(C=O)c2)c1. The summed E-state index contributed by atoms with van der Waals surface area (Å²) < 4.78 is 5.74. The number of hydrogen-bond donors (Lipinski definition) is 0. The molecule has 0 saturated carbocycles. The van der Waals surface area contributed by atoms with Crippen LogP contribution >= 0.6 is 0 Å². The Labute approximate surface area is 113 Å². The Morgan fingerprint density at radius 2 is 1.89 bits per heavy atom. The number of ether oxygens (including phenoxy) is 1. The van der Waals surface area contributed by atoms with E-state index in [0.29, 0.717) is 11.3 Å². The standard InChI is InChI=1S/C16H17NO2/c1-16(2,3)13-5-4-6-14(8-13)19-15-7-12(11-18)9-17-10-15/h4-11H,1-3H3. The smallest absolute Gasteiger partial charge is 0.151 e. The van der Waals surface area contributed by atoms with Gasteiger partial charge >= 0.3 is 0 Å². The van der Waals surface area contributed by atoms with Crippen molar-refractivity contribution in [2.75, 3.05) is 0 Å². The molecule has 0 amide bonds. The summed E-state index contributed by atoms with van der Waals surface area (Å²) in [5.41, 5.74) is 1.77. The highest BCUT2D eigenvalue weighted by molar-refractivity contribution is 5.74. The van der Waals surface area contributed by atoms with Crippen molar-refractivity contribution in [2.24, 2.45) is 0 Å². The Bertz CT molecular complexity index is 585. The van der Waals surface area contributed by atoms with Crippen molar-refractivity contribution >= 4 is 6.29 Å². The summed E-state index contributed by atoms with van der Waals surface area (Å²) in [6.07, 6.45) is 3.85. The zero-order valence-electron chi connectivity index (χ0n) is 11.4. The van der Waals surface area contributed by atoms with E-state index in [9.17, 15) is 4.79 Å². The molecule has 1 aromatic heterocycles. The highest BCUT2D eigenvalue weighted by atomic mass is 16.5. The summed E-state index contributed by atoms with van der Waals surface area (Å²) in [5, 5.41) is 0. The van der Waals surface area contributed by atoms with Crippen molar-refractivity contribution in [3.63, 3.8) is 0 Å². The maximum absolute atomic E-state index is 10.7. The third-order valence-corrected chi connectivity index (χ3v) is 2.81. The van der Waals surface area contributed by atoms with Crippen LogP contribution < -0.4 is 4.74 Å². The van der Waals surface area contributed by atoms with Gasteiger partial charge in [-0.2, -0.15) is 0 Å². The first-order valence-corrected chi connectivity index (χ1v) is 6.18. The maximum atomic E-state index is 10.7. The minimum Gasteiger partial charge on any atom is -0.456 e. The van der Waals surface area contributed by atoms with Crippen LogP contribution in [0.1, 0.15) is 36.7 Å². The van der Waals surface area contributed by atoms with Gasteiger partial charge in [-0.3, -0.25) is 9.78 Å². The fourth-order valence-electron chi connectivity index (χ4n) is 1.72. The molecule has 19 heavy (non-hydrogen) atoms. The van der Waals surface area contributed by atoms with E-state index in [4.69, 9.17) is 4.74 Å². The Morgan fingerprint density at radius 1 is 1.11 bits per heavy atom. The van der Waals surface area contributed by atoms with Gasteiger partial charge in [0.25, 0.3) is 0 Å². The summed E-state index contributed by atoms with van der Waals surface area (Å²) in [5.74, 6) is 1.31. The lowest BCUT2D eigenvalue weighted by atomic mass is 9.87. The summed E-state index contributed by atoms with van der Waals surface area (Å²) in [7, 11) is 0.